The van der Waals surface area contributed by atoms with Gasteiger partial charge in [0.15, 0.2) is 5.58 Å². The van der Waals surface area contributed by atoms with E-state index in [-0.39, 0.29) is 5.70 Å². The molecule has 0 unspecified atom stereocenters. The van der Waals surface area contributed by atoms with Crippen LogP contribution in [0.5, 0.6) is 0 Å². The van der Waals surface area contributed by atoms with Crippen LogP contribution in [0.1, 0.15) is 5.56 Å². The van der Waals surface area contributed by atoms with Crippen LogP contribution in [0.25, 0.3) is 22.6 Å². The van der Waals surface area contributed by atoms with Crippen molar-refractivity contribution in [3.05, 3.63) is 59.8 Å². The van der Waals surface area contributed by atoms with E-state index in [9.17, 15) is 9.59 Å². The van der Waals surface area contributed by atoms with Crippen LogP contribution >= 0.6 is 0 Å². The summed E-state index contributed by atoms with van der Waals surface area (Å²) in [4.78, 5) is 27.8. The monoisotopic (exact) mass is 366 g/mol. The first-order chi connectivity index (χ1) is 13.0. The number of carbonyl (C=O) groups excluding carboxylic acids is 2. The number of aryl methyl sites for hydroxylation is 1. The minimum Gasteiger partial charge on any atom is -0.466 e. The van der Waals surface area contributed by atoms with E-state index in [1.165, 1.54) is 14.2 Å². The molecule has 27 heavy (non-hydrogen) atoms. The highest BCUT2D eigenvalue weighted by Crippen LogP contribution is 2.28. The Morgan fingerprint density at radius 3 is 2.59 bits per heavy atom. The van der Waals surface area contributed by atoms with Crippen LogP contribution in [0.15, 0.2) is 58.7 Å². The van der Waals surface area contributed by atoms with Gasteiger partial charge in [-0.2, -0.15) is 0 Å². The molecule has 138 valence electrons. The van der Waals surface area contributed by atoms with Crippen molar-refractivity contribution >= 4 is 28.7 Å². The molecule has 1 aromatic heterocycles. The highest BCUT2D eigenvalue weighted by molar-refractivity contribution is 5.99. The zero-order chi connectivity index (χ0) is 19.4. The van der Waals surface area contributed by atoms with Crippen molar-refractivity contribution in [3.63, 3.8) is 0 Å². The van der Waals surface area contributed by atoms with Gasteiger partial charge >= 0.3 is 11.9 Å². The van der Waals surface area contributed by atoms with Crippen molar-refractivity contribution in [3.8, 4) is 11.5 Å². The summed E-state index contributed by atoms with van der Waals surface area (Å²) in [5.41, 5.74) is 3.68. The lowest BCUT2D eigenvalue weighted by Crippen LogP contribution is -2.15. The number of benzene rings is 2. The second-order valence-electron chi connectivity index (χ2n) is 5.71. The predicted octanol–water partition coefficient (Wildman–Crippen LogP) is 3.45. The molecule has 0 saturated heterocycles. The summed E-state index contributed by atoms with van der Waals surface area (Å²) in [6.07, 6.45) is 1.03. The molecule has 7 heteroatoms. The van der Waals surface area contributed by atoms with E-state index in [1.54, 1.807) is 18.2 Å². The van der Waals surface area contributed by atoms with E-state index in [0.29, 0.717) is 22.7 Å². The Morgan fingerprint density at radius 1 is 1.11 bits per heavy atom. The molecule has 0 aliphatic carbocycles. The van der Waals surface area contributed by atoms with E-state index < -0.39 is 11.9 Å². The average Bonchev–Trinajstić information content (AvgIpc) is 3.10. The maximum Gasteiger partial charge on any atom is 0.354 e. The highest BCUT2D eigenvalue weighted by atomic mass is 16.5. The zero-order valence-electron chi connectivity index (χ0n) is 15.1. The third kappa shape index (κ3) is 3.98. The van der Waals surface area contributed by atoms with Crippen LogP contribution < -0.4 is 5.32 Å². The summed E-state index contributed by atoms with van der Waals surface area (Å²) >= 11 is 0. The quantitative estimate of drug-likeness (QED) is 0.546. The minimum absolute atomic E-state index is 0.0497. The Labute approximate surface area is 155 Å². The van der Waals surface area contributed by atoms with Crippen LogP contribution in [-0.2, 0) is 19.1 Å². The molecule has 2 aromatic carbocycles. The normalized spacial score (nSPS) is 11.3. The number of oxazole rings is 1. The lowest BCUT2D eigenvalue weighted by Gasteiger charge is -2.08. The molecule has 3 rings (SSSR count). The maximum absolute atomic E-state index is 11.9. The second kappa shape index (κ2) is 7.74. The summed E-state index contributed by atoms with van der Waals surface area (Å²) < 4.78 is 15.1. The van der Waals surface area contributed by atoms with Gasteiger partial charge in [-0.05, 0) is 36.8 Å². The summed E-state index contributed by atoms with van der Waals surface area (Å²) in [7, 11) is 2.45. The topological polar surface area (TPSA) is 90.7 Å². The van der Waals surface area contributed by atoms with Gasteiger partial charge in [0.2, 0.25) is 5.89 Å². The smallest absolute Gasteiger partial charge is 0.354 e. The third-order valence-corrected chi connectivity index (χ3v) is 3.91. The maximum atomic E-state index is 11.9. The molecule has 0 aliphatic heterocycles. The number of aromatic nitrogens is 1. The number of hydrogen-bond acceptors (Lipinski definition) is 7. The fourth-order valence-electron chi connectivity index (χ4n) is 2.52. The molecule has 0 aliphatic rings. The molecule has 3 aromatic rings. The van der Waals surface area contributed by atoms with Gasteiger partial charge in [-0.1, -0.05) is 18.2 Å². The van der Waals surface area contributed by atoms with Crippen molar-refractivity contribution in [2.24, 2.45) is 0 Å². The molecule has 0 fully saturated rings. The molecule has 1 N–H and O–H groups in total. The van der Waals surface area contributed by atoms with E-state index in [0.717, 1.165) is 17.2 Å². The number of esters is 2. The van der Waals surface area contributed by atoms with Gasteiger partial charge in [-0.3, -0.25) is 0 Å². The number of anilines is 1. The van der Waals surface area contributed by atoms with Crippen LogP contribution in [0.2, 0.25) is 0 Å². The van der Waals surface area contributed by atoms with Gasteiger partial charge < -0.3 is 19.2 Å². The van der Waals surface area contributed by atoms with E-state index in [2.05, 4.69) is 19.8 Å². The molecular weight excluding hydrogens is 348 g/mol. The van der Waals surface area contributed by atoms with Crippen LogP contribution in [0, 0.1) is 6.92 Å². The number of nitrogens with one attached hydrogen (secondary N) is 1. The first-order valence-corrected chi connectivity index (χ1v) is 8.13. The van der Waals surface area contributed by atoms with Crippen molar-refractivity contribution in [2.45, 2.75) is 6.92 Å². The molecule has 1 heterocycles. The van der Waals surface area contributed by atoms with Crippen molar-refractivity contribution < 1.29 is 23.5 Å². The Morgan fingerprint density at radius 2 is 1.89 bits per heavy atom. The second-order valence-corrected chi connectivity index (χ2v) is 5.71. The average molecular weight is 366 g/mol. The summed E-state index contributed by atoms with van der Waals surface area (Å²) in [5, 5.41) is 2.85. The van der Waals surface area contributed by atoms with Gasteiger partial charge in [0.25, 0.3) is 0 Å². The van der Waals surface area contributed by atoms with Crippen LogP contribution in [0.3, 0.4) is 0 Å². The van der Waals surface area contributed by atoms with E-state index in [1.807, 2.05) is 31.2 Å². The zero-order valence-corrected chi connectivity index (χ0v) is 15.1. The van der Waals surface area contributed by atoms with Gasteiger partial charge in [0.1, 0.15) is 11.2 Å². The standard InChI is InChI=1S/C20H18N2O5/c1-12-6-4-5-7-14(12)19-22-15-10-13(8-9-17(15)27-19)21-16(20(24)26-3)11-18(23)25-2/h4-11,21H,1-3H3/b16-11+. The molecule has 0 atom stereocenters. The minimum atomic E-state index is -0.693. The molecular formula is C20H18N2O5. The van der Waals surface area contributed by atoms with Gasteiger partial charge in [0.05, 0.1) is 20.3 Å². The highest BCUT2D eigenvalue weighted by Gasteiger charge is 2.15. The Kier molecular flexibility index (Phi) is 5.21. The number of fused-ring (bicyclic) bond motifs is 1. The SMILES string of the molecule is COC(=O)/C=C(/Nc1ccc2oc(-c3ccccc3C)nc2c1)C(=O)OC. The number of ether oxygens (including phenoxy) is 2. The number of nitrogens with zero attached hydrogens (tertiary/aromatic N) is 1. The van der Waals surface area contributed by atoms with Crippen molar-refractivity contribution in [1.29, 1.82) is 0 Å². The van der Waals surface area contributed by atoms with Gasteiger partial charge in [-0.15, -0.1) is 0 Å². The molecule has 0 radical (unpaired) electrons. The Bertz CT molecular complexity index is 1040. The number of hydrogen-bond donors (Lipinski definition) is 1. The first kappa shape index (κ1) is 18.2. The van der Waals surface area contributed by atoms with Gasteiger partial charge in [-0.25, -0.2) is 14.6 Å². The number of carbonyl (C=O) groups is 2. The first-order valence-electron chi connectivity index (χ1n) is 8.13. The lowest BCUT2D eigenvalue weighted by molar-refractivity contribution is -0.138. The molecule has 0 amide bonds. The van der Waals surface area contributed by atoms with Crippen molar-refractivity contribution in [2.75, 3.05) is 19.5 Å². The molecule has 0 spiro atoms. The molecule has 0 bridgehead atoms. The summed E-state index contributed by atoms with van der Waals surface area (Å²) in [5.74, 6) is -0.855. The lowest BCUT2D eigenvalue weighted by atomic mass is 10.1. The largest absolute Gasteiger partial charge is 0.466 e. The van der Waals surface area contributed by atoms with Gasteiger partial charge in [0, 0.05) is 11.3 Å². The van der Waals surface area contributed by atoms with Crippen molar-refractivity contribution in [1.82, 2.24) is 4.98 Å². The molecule has 0 saturated carbocycles. The number of methoxy groups -OCH3 is 2. The fourth-order valence-corrected chi connectivity index (χ4v) is 2.52. The third-order valence-electron chi connectivity index (χ3n) is 3.91. The fraction of sp³-hybridized carbons (Fsp3) is 0.150. The van der Waals surface area contributed by atoms with E-state index >= 15 is 0 Å². The van der Waals surface area contributed by atoms with Crippen LogP contribution in [-0.4, -0.2) is 31.1 Å². The predicted molar refractivity (Wildman–Crippen MR) is 99.9 cm³/mol. The number of rotatable bonds is 5. The summed E-state index contributed by atoms with van der Waals surface area (Å²) in [6.45, 7) is 1.98. The Hall–Kier alpha value is -3.61. The van der Waals surface area contributed by atoms with Crippen LogP contribution in [0.4, 0.5) is 5.69 Å². The van der Waals surface area contributed by atoms with E-state index in [4.69, 9.17) is 4.42 Å². The Balaban J connectivity index is 1.94. The molecule has 7 nitrogen and oxygen atoms in total. The summed E-state index contributed by atoms with van der Waals surface area (Å²) in [6, 6.07) is 13.0.